The Morgan fingerprint density at radius 1 is 0.766 bits per heavy atom. The predicted octanol–water partition coefficient (Wildman–Crippen LogP) is 3.57. The molecule has 5 rings (SSSR count). The summed E-state index contributed by atoms with van der Waals surface area (Å²) in [5.74, 6) is -4.33. The second kappa shape index (κ2) is 14.6. The van der Waals surface area contributed by atoms with Crippen molar-refractivity contribution in [1.29, 1.82) is 0 Å². The van der Waals surface area contributed by atoms with Crippen LogP contribution in [0.15, 0.2) is 103 Å². The van der Waals surface area contributed by atoms with Gasteiger partial charge in [0.05, 0.1) is 16.9 Å². The molecular weight excluding hydrogens is 628 g/mol. The number of carbonyl (C=O) groups is 5. The van der Waals surface area contributed by atoms with Crippen molar-refractivity contribution in [1.82, 2.24) is 25.5 Å². The van der Waals surface area contributed by atoms with Gasteiger partial charge in [0, 0.05) is 28.4 Å². The third-order valence-corrected chi connectivity index (χ3v) is 6.95. The van der Waals surface area contributed by atoms with Crippen molar-refractivity contribution < 1.29 is 29.1 Å². The fraction of sp³-hybridized carbons (Fsp3) is 0.0625. The molecule has 0 aliphatic heterocycles. The van der Waals surface area contributed by atoms with E-state index in [0.29, 0.717) is 22.5 Å². The Hall–Kier alpha value is -6.41. The zero-order valence-corrected chi connectivity index (χ0v) is 25.0. The summed E-state index contributed by atoms with van der Waals surface area (Å²) in [6.07, 6.45) is 1.25. The quantitative estimate of drug-likeness (QED) is 0.140. The molecule has 1 aromatic heterocycles. The summed E-state index contributed by atoms with van der Waals surface area (Å²) in [5, 5.41) is 30.7. The van der Waals surface area contributed by atoms with Crippen molar-refractivity contribution in [2.75, 3.05) is 16.0 Å². The third-order valence-electron chi connectivity index (χ3n) is 6.72. The molecule has 5 aromatic rings. The molecule has 1 atom stereocenters. The molecule has 1 heterocycles. The highest BCUT2D eigenvalue weighted by Gasteiger charge is 2.26. The number of benzene rings is 4. The van der Waals surface area contributed by atoms with Crippen molar-refractivity contribution in [2.24, 2.45) is 0 Å². The molecule has 15 heteroatoms. The Kier molecular flexibility index (Phi) is 9.93. The number of hydrogen-bond donors (Lipinski definition) is 5. The first-order chi connectivity index (χ1) is 22.7. The molecule has 0 aliphatic carbocycles. The maximum Gasteiger partial charge on any atom is 0.335 e. The number of halogens is 1. The highest BCUT2D eigenvalue weighted by molar-refractivity contribution is 6.40. The van der Waals surface area contributed by atoms with Crippen molar-refractivity contribution in [3.63, 3.8) is 0 Å². The number of amides is 4. The van der Waals surface area contributed by atoms with Crippen molar-refractivity contribution in [3.05, 3.63) is 125 Å². The molecule has 0 radical (unpaired) electrons. The van der Waals surface area contributed by atoms with E-state index in [-0.39, 0.29) is 34.3 Å². The fourth-order valence-corrected chi connectivity index (χ4v) is 4.54. The second-order valence-electron chi connectivity index (χ2n) is 9.99. The molecule has 14 nitrogen and oxygen atoms in total. The molecule has 4 amide bonds. The van der Waals surface area contributed by atoms with E-state index in [2.05, 4.69) is 36.8 Å². The van der Waals surface area contributed by atoms with Crippen molar-refractivity contribution in [2.45, 2.75) is 12.5 Å². The first-order valence-electron chi connectivity index (χ1n) is 13.9. The van der Waals surface area contributed by atoms with Crippen LogP contribution < -0.4 is 21.3 Å². The lowest BCUT2D eigenvalue weighted by molar-refractivity contribution is -0.137. The summed E-state index contributed by atoms with van der Waals surface area (Å²) in [4.78, 5) is 63.3. The van der Waals surface area contributed by atoms with E-state index >= 15 is 0 Å². The van der Waals surface area contributed by atoms with Crippen LogP contribution in [-0.4, -0.2) is 61.0 Å². The van der Waals surface area contributed by atoms with Gasteiger partial charge >= 0.3 is 17.8 Å². The molecule has 0 bridgehead atoms. The number of nitrogens with zero attached hydrogens (tertiary/aromatic N) is 4. The van der Waals surface area contributed by atoms with Crippen LogP contribution in [0.1, 0.15) is 26.3 Å². The summed E-state index contributed by atoms with van der Waals surface area (Å²) >= 11 is 6.11. The average molecular weight is 653 g/mol. The highest BCUT2D eigenvalue weighted by Crippen LogP contribution is 2.24. The SMILES string of the molecule is O=C(Nc1cc(Cl)ccc1-n1cnnn1)C(=O)N[C@@H](Cc1ccc(NC(=O)c2ccccc2)cc1)C(=O)Nc1ccc(C(=O)O)cc1. The lowest BCUT2D eigenvalue weighted by Gasteiger charge is -2.19. The molecule has 0 fully saturated rings. The van der Waals surface area contributed by atoms with Gasteiger partial charge in [0.1, 0.15) is 12.4 Å². The molecule has 236 valence electrons. The maximum absolute atomic E-state index is 13.4. The first kappa shape index (κ1) is 32.0. The number of carboxylic acid groups (broad SMARTS) is 1. The van der Waals surface area contributed by atoms with Crippen LogP contribution in [0.5, 0.6) is 0 Å². The van der Waals surface area contributed by atoms with E-state index in [4.69, 9.17) is 16.7 Å². The smallest absolute Gasteiger partial charge is 0.335 e. The van der Waals surface area contributed by atoms with E-state index in [0.717, 1.165) is 0 Å². The lowest BCUT2D eigenvalue weighted by Crippen LogP contribution is -2.49. The van der Waals surface area contributed by atoms with Crippen molar-refractivity contribution in [3.8, 4) is 5.69 Å². The van der Waals surface area contributed by atoms with Gasteiger partial charge in [0.25, 0.3) is 5.91 Å². The summed E-state index contributed by atoms with van der Waals surface area (Å²) < 4.78 is 1.27. The van der Waals surface area contributed by atoms with Crippen LogP contribution in [0, 0.1) is 0 Å². The van der Waals surface area contributed by atoms with Gasteiger partial charge in [-0.2, -0.15) is 4.68 Å². The summed E-state index contributed by atoms with van der Waals surface area (Å²) in [5.41, 5.74) is 2.34. The second-order valence-corrected chi connectivity index (χ2v) is 10.4. The Morgan fingerprint density at radius 3 is 2.11 bits per heavy atom. The first-order valence-corrected chi connectivity index (χ1v) is 14.3. The molecule has 0 aliphatic rings. The van der Waals surface area contributed by atoms with E-state index in [1.54, 1.807) is 66.7 Å². The van der Waals surface area contributed by atoms with Gasteiger partial charge in [-0.05, 0) is 82.7 Å². The largest absolute Gasteiger partial charge is 0.478 e. The van der Waals surface area contributed by atoms with Crippen LogP contribution in [0.2, 0.25) is 5.02 Å². The monoisotopic (exact) mass is 652 g/mol. The minimum absolute atomic E-state index is 0.0195. The maximum atomic E-state index is 13.4. The standard InChI is InChI=1S/C32H25ClN8O6/c33-22-10-15-27(41-18-34-39-40-41)25(17-22)37-30(44)31(45)38-26(29(43)36-24-13-8-21(9-14-24)32(46)47)16-19-6-11-23(12-7-19)35-28(42)20-4-2-1-3-5-20/h1-15,17-18,26H,16H2,(H,35,42)(H,36,43)(H,37,44)(H,38,45)(H,46,47)/t26-/m0/s1. The van der Waals surface area contributed by atoms with E-state index in [1.165, 1.54) is 41.3 Å². The Morgan fingerprint density at radius 2 is 1.45 bits per heavy atom. The Labute approximate surface area is 271 Å². The molecule has 4 aromatic carbocycles. The van der Waals surface area contributed by atoms with Crippen LogP contribution >= 0.6 is 11.6 Å². The molecule has 5 N–H and O–H groups in total. The lowest BCUT2D eigenvalue weighted by atomic mass is 10.0. The van der Waals surface area contributed by atoms with Gasteiger partial charge in [-0.15, -0.1) is 5.10 Å². The summed E-state index contributed by atoms with van der Waals surface area (Å²) in [7, 11) is 0. The third kappa shape index (κ3) is 8.40. The molecule has 47 heavy (non-hydrogen) atoms. The molecule has 0 unspecified atom stereocenters. The Balaban J connectivity index is 1.32. The number of tetrazole rings is 1. The number of aromatic carboxylic acids is 1. The zero-order valence-electron chi connectivity index (χ0n) is 24.3. The Bertz CT molecular complexity index is 1920. The van der Waals surface area contributed by atoms with Crippen LogP contribution in [0.4, 0.5) is 17.1 Å². The van der Waals surface area contributed by atoms with Crippen LogP contribution in [0.25, 0.3) is 5.69 Å². The number of carbonyl (C=O) groups excluding carboxylic acids is 4. The normalized spacial score (nSPS) is 11.2. The van der Waals surface area contributed by atoms with Crippen LogP contribution in [0.3, 0.4) is 0 Å². The number of aromatic nitrogens is 4. The number of anilines is 3. The zero-order chi connectivity index (χ0) is 33.3. The minimum Gasteiger partial charge on any atom is -0.478 e. The minimum atomic E-state index is -1.25. The van der Waals surface area contributed by atoms with E-state index < -0.39 is 29.7 Å². The van der Waals surface area contributed by atoms with Gasteiger partial charge in [0.15, 0.2) is 0 Å². The predicted molar refractivity (Wildman–Crippen MR) is 171 cm³/mol. The number of hydrogen-bond acceptors (Lipinski definition) is 8. The topological polar surface area (TPSA) is 197 Å². The summed E-state index contributed by atoms with van der Waals surface area (Å²) in [6, 6.07) is 24.0. The average Bonchev–Trinajstić information content (AvgIpc) is 3.61. The number of rotatable bonds is 10. The molecular formula is C32H25ClN8O6. The van der Waals surface area contributed by atoms with Gasteiger partial charge in [-0.25, -0.2) is 4.79 Å². The fourth-order valence-electron chi connectivity index (χ4n) is 4.37. The van der Waals surface area contributed by atoms with E-state index in [1.807, 2.05) is 0 Å². The molecule has 0 saturated carbocycles. The van der Waals surface area contributed by atoms with Gasteiger partial charge in [-0.1, -0.05) is 41.9 Å². The van der Waals surface area contributed by atoms with Gasteiger partial charge in [0.2, 0.25) is 5.91 Å². The number of carboxylic acids is 1. The van der Waals surface area contributed by atoms with Crippen LogP contribution in [-0.2, 0) is 20.8 Å². The van der Waals surface area contributed by atoms with E-state index in [9.17, 15) is 24.0 Å². The molecule has 0 spiro atoms. The molecule has 0 saturated heterocycles. The summed E-state index contributed by atoms with van der Waals surface area (Å²) in [6.45, 7) is 0. The highest BCUT2D eigenvalue weighted by atomic mass is 35.5. The van der Waals surface area contributed by atoms with Gasteiger partial charge in [-0.3, -0.25) is 19.2 Å². The van der Waals surface area contributed by atoms with Crippen molar-refractivity contribution >= 4 is 58.3 Å². The van der Waals surface area contributed by atoms with Gasteiger partial charge < -0.3 is 26.4 Å². The number of nitrogens with one attached hydrogen (secondary N) is 4.